The molecule has 1 fully saturated rings. The lowest BCUT2D eigenvalue weighted by Crippen LogP contribution is -2.39. The Hall–Kier alpha value is -1.26. The van der Waals surface area contributed by atoms with Gasteiger partial charge in [0.05, 0.1) is 7.11 Å². The zero-order chi connectivity index (χ0) is 14.7. The number of nitrogens with one attached hydrogen (secondary N) is 1. The van der Waals surface area contributed by atoms with Crippen molar-refractivity contribution in [3.8, 4) is 11.5 Å². The molecule has 2 aliphatic rings. The average molecular weight is 291 g/mol. The molecule has 21 heavy (non-hydrogen) atoms. The number of fused-ring (bicyclic) bond motifs is 1. The van der Waals surface area contributed by atoms with Crippen molar-refractivity contribution in [3.05, 3.63) is 23.8 Å². The molecule has 4 nitrogen and oxygen atoms in total. The zero-order valence-electron chi connectivity index (χ0n) is 12.9. The molecule has 1 aromatic carbocycles. The lowest BCUT2D eigenvalue weighted by molar-refractivity contribution is 0.00534. The Balaban J connectivity index is 1.82. The van der Waals surface area contributed by atoms with E-state index in [9.17, 15) is 0 Å². The zero-order valence-corrected chi connectivity index (χ0v) is 12.9. The van der Waals surface area contributed by atoms with Crippen LogP contribution in [-0.4, -0.2) is 33.0 Å². The summed E-state index contributed by atoms with van der Waals surface area (Å²) in [5.41, 5.74) is 1.22. The second-order valence-corrected chi connectivity index (χ2v) is 5.86. The lowest BCUT2D eigenvalue weighted by atomic mass is 9.85. The van der Waals surface area contributed by atoms with Crippen LogP contribution in [-0.2, 0) is 4.74 Å². The van der Waals surface area contributed by atoms with Crippen LogP contribution < -0.4 is 14.8 Å². The van der Waals surface area contributed by atoms with E-state index in [1.807, 2.05) is 12.1 Å². The summed E-state index contributed by atoms with van der Waals surface area (Å²) < 4.78 is 17.1. The number of methoxy groups -OCH3 is 1. The number of hydrogen-bond acceptors (Lipinski definition) is 4. The second kappa shape index (κ2) is 6.67. The first kappa shape index (κ1) is 14.7. The van der Waals surface area contributed by atoms with E-state index in [4.69, 9.17) is 14.2 Å². The normalized spacial score (nSPS) is 26.0. The summed E-state index contributed by atoms with van der Waals surface area (Å²) in [7, 11) is 1.71. The first-order valence-electron chi connectivity index (χ1n) is 7.97. The highest BCUT2D eigenvalue weighted by Gasteiger charge is 2.34. The second-order valence-electron chi connectivity index (χ2n) is 5.86. The van der Waals surface area contributed by atoms with Gasteiger partial charge >= 0.3 is 0 Å². The number of benzene rings is 1. The van der Waals surface area contributed by atoms with Crippen molar-refractivity contribution in [3.63, 3.8) is 0 Å². The highest BCUT2D eigenvalue weighted by molar-refractivity contribution is 5.43. The molecule has 0 radical (unpaired) electrons. The maximum Gasteiger partial charge on any atom is 0.124 e. The predicted octanol–water partition coefficient (Wildman–Crippen LogP) is 2.92. The Labute approximate surface area is 126 Å². The minimum absolute atomic E-state index is 0.291. The molecule has 0 bridgehead atoms. The van der Waals surface area contributed by atoms with Gasteiger partial charge in [0.25, 0.3) is 0 Å². The summed E-state index contributed by atoms with van der Waals surface area (Å²) in [5, 5.41) is 3.59. The van der Waals surface area contributed by atoms with Gasteiger partial charge in [0.15, 0.2) is 0 Å². The van der Waals surface area contributed by atoms with Gasteiger partial charge in [-0.05, 0) is 37.6 Å². The third-order valence-electron chi connectivity index (χ3n) is 4.58. The van der Waals surface area contributed by atoms with Crippen molar-refractivity contribution >= 4 is 0 Å². The predicted molar refractivity (Wildman–Crippen MR) is 82.0 cm³/mol. The summed E-state index contributed by atoms with van der Waals surface area (Å²) in [5.74, 6) is 2.50. The van der Waals surface area contributed by atoms with Gasteiger partial charge in [-0.1, -0.05) is 6.92 Å². The SMILES string of the molecule is CCNC1CC(C2CCOCC2)Oc2ccc(OC)cc21. The van der Waals surface area contributed by atoms with Gasteiger partial charge in [-0.2, -0.15) is 0 Å². The molecule has 1 aromatic rings. The van der Waals surface area contributed by atoms with Crippen molar-refractivity contribution in [1.29, 1.82) is 0 Å². The van der Waals surface area contributed by atoms with E-state index in [-0.39, 0.29) is 0 Å². The Morgan fingerprint density at radius 1 is 1.29 bits per heavy atom. The smallest absolute Gasteiger partial charge is 0.124 e. The third-order valence-corrected chi connectivity index (χ3v) is 4.58. The Morgan fingerprint density at radius 2 is 2.10 bits per heavy atom. The molecular formula is C17H25NO3. The number of ether oxygens (including phenoxy) is 3. The largest absolute Gasteiger partial charge is 0.497 e. The minimum atomic E-state index is 0.291. The van der Waals surface area contributed by atoms with E-state index in [2.05, 4.69) is 18.3 Å². The van der Waals surface area contributed by atoms with E-state index in [0.717, 1.165) is 50.5 Å². The van der Waals surface area contributed by atoms with Gasteiger partial charge in [-0.25, -0.2) is 0 Å². The van der Waals surface area contributed by atoms with Gasteiger partial charge in [-0.3, -0.25) is 0 Å². The van der Waals surface area contributed by atoms with E-state index in [0.29, 0.717) is 18.1 Å². The molecule has 0 saturated carbocycles. The number of hydrogen-bond donors (Lipinski definition) is 1. The maximum absolute atomic E-state index is 6.30. The topological polar surface area (TPSA) is 39.7 Å². The molecule has 2 heterocycles. The van der Waals surface area contributed by atoms with Crippen molar-refractivity contribution in [2.75, 3.05) is 26.9 Å². The fraction of sp³-hybridized carbons (Fsp3) is 0.647. The molecule has 0 amide bonds. The van der Waals surface area contributed by atoms with Gasteiger partial charge in [0.2, 0.25) is 0 Å². The monoisotopic (exact) mass is 291 g/mol. The third kappa shape index (κ3) is 3.16. The molecule has 3 rings (SSSR count). The first-order valence-corrected chi connectivity index (χ1v) is 7.97. The highest BCUT2D eigenvalue weighted by Crippen LogP contribution is 2.40. The molecule has 0 spiro atoms. The molecule has 1 N–H and O–H groups in total. The molecule has 2 aliphatic heterocycles. The maximum atomic E-state index is 6.30. The van der Waals surface area contributed by atoms with Gasteiger partial charge < -0.3 is 19.5 Å². The minimum Gasteiger partial charge on any atom is -0.497 e. The number of rotatable bonds is 4. The van der Waals surface area contributed by atoms with Crippen LogP contribution in [0.1, 0.15) is 37.8 Å². The summed E-state index contributed by atoms with van der Waals surface area (Å²) in [6.45, 7) is 4.85. The fourth-order valence-electron chi connectivity index (χ4n) is 3.42. The molecule has 116 valence electrons. The van der Waals surface area contributed by atoms with Gasteiger partial charge in [0, 0.05) is 37.2 Å². The molecule has 2 unspecified atom stereocenters. The van der Waals surface area contributed by atoms with Crippen LogP contribution in [0, 0.1) is 5.92 Å². The van der Waals surface area contributed by atoms with Gasteiger partial charge in [-0.15, -0.1) is 0 Å². The summed E-state index contributed by atoms with van der Waals surface area (Å²) >= 11 is 0. The molecule has 0 aromatic heterocycles. The van der Waals surface area contributed by atoms with Crippen LogP contribution in [0.25, 0.3) is 0 Å². The molecule has 4 heteroatoms. The first-order chi connectivity index (χ1) is 10.3. The van der Waals surface area contributed by atoms with Crippen LogP contribution in [0.15, 0.2) is 18.2 Å². The fourth-order valence-corrected chi connectivity index (χ4v) is 3.42. The van der Waals surface area contributed by atoms with Crippen LogP contribution in [0.5, 0.6) is 11.5 Å². The molecule has 2 atom stereocenters. The van der Waals surface area contributed by atoms with Crippen molar-refractivity contribution < 1.29 is 14.2 Å². The van der Waals surface area contributed by atoms with Crippen molar-refractivity contribution in [2.24, 2.45) is 5.92 Å². The van der Waals surface area contributed by atoms with Crippen LogP contribution in [0.2, 0.25) is 0 Å². The van der Waals surface area contributed by atoms with Crippen LogP contribution in [0.3, 0.4) is 0 Å². The quantitative estimate of drug-likeness (QED) is 0.926. The van der Waals surface area contributed by atoms with E-state index in [1.54, 1.807) is 7.11 Å². The van der Waals surface area contributed by atoms with E-state index in [1.165, 1.54) is 5.56 Å². The lowest BCUT2D eigenvalue weighted by Gasteiger charge is -2.38. The summed E-state index contributed by atoms with van der Waals surface area (Å²) in [6, 6.07) is 6.47. The Kier molecular flexibility index (Phi) is 4.66. The standard InChI is InChI=1S/C17H25NO3/c1-3-18-15-11-17(12-6-8-20-9-7-12)21-16-5-4-13(19-2)10-14(15)16/h4-5,10,12,15,17-18H,3,6-9,11H2,1-2H3. The molecular weight excluding hydrogens is 266 g/mol. The molecule has 0 aliphatic carbocycles. The van der Waals surface area contributed by atoms with E-state index >= 15 is 0 Å². The highest BCUT2D eigenvalue weighted by atomic mass is 16.5. The Morgan fingerprint density at radius 3 is 2.81 bits per heavy atom. The van der Waals surface area contributed by atoms with E-state index < -0.39 is 0 Å². The van der Waals surface area contributed by atoms with Gasteiger partial charge in [0.1, 0.15) is 17.6 Å². The average Bonchev–Trinajstić information content (AvgIpc) is 2.55. The van der Waals surface area contributed by atoms with Crippen LogP contribution >= 0.6 is 0 Å². The molecule has 1 saturated heterocycles. The van der Waals surface area contributed by atoms with Crippen molar-refractivity contribution in [1.82, 2.24) is 5.32 Å². The van der Waals surface area contributed by atoms with Crippen LogP contribution in [0.4, 0.5) is 0 Å². The Bertz CT molecular complexity index is 471. The summed E-state index contributed by atoms with van der Waals surface area (Å²) in [6.07, 6.45) is 3.53. The summed E-state index contributed by atoms with van der Waals surface area (Å²) in [4.78, 5) is 0. The van der Waals surface area contributed by atoms with Crippen molar-refractivity contribution in [2.45, 2.75) is 38.3 Å².